The summed E-state index contributed by atoms with van der Waals surface area (Å²) in [6.07, 6.45) is 9.00. The summed E-state index contributed by atoms with van der Waals surface area (Å²) < 4.78 is 49.2. The fourth-order valence-corrected chi connectivity index (χ4v) is 0.722. The Morgan fingerprint density at radius 2 is 1.18 bits per heavy atom. The van der Waals surface area contributed by atoms with Crippen LogP contribution in [0.2, 0.25) is 0 Å². The zero-order chi connectivity index (χ0) is 17.1. The van der Waals surface area contributed by atoms with E-state index in [0.29, 0.717) is 0 Å². The molecule has 1 aliphatic rings. The quantitative estimate of drug-likeness (QED) is 0.192. The van der Waals surface area contributed by atoms with Crippen LogP contribution in [-0.4, -0.2) is 6.21 Å². The molecule has 0 atom stereocenters. The van der Waals surface area contributed by atoms with Gasteiger partial charge in [-0.05, 0) is 0 Å². The van der Waals surface area contributed by atoms with Gasteiger partial charge in [0.2, 0.25) is 0 Å². The molecule has 1 rings (SSSR count). The summed E-state index contributed by atoms with van der Waals surface area (Å²) in [6, 6.07) is 3.00. The molecule has 0 aliphatic heterocycles. The van der Waals surface area contributed by atoms with Crippen molar-refractivity contribution in [3.8, 4) is 12.1 Å². The van der Waals surface area contributed by atoms with Crippen molar-refractivity contribution in [2.45, 2.75) is 32.6 Å². The molecule has 1 aliphatic carbocycles. The van der Waals surface area contributed by atoms with Crippen molar-refractivity contribution < 1.29 is 45.2 Å². The van der Waals surface area contributed by atoms with Crippen LogP contribution in [0.15, 0.2) is 0 Å². The van der Waals surface area contributed by atoms with Gasteiger partial charge in [-0.3, -0.25) is 0 Å². The maximum Gasteiger partial charge on any atom is 4.00 e. The van der Waals surface area contributed by atoms with Gasteiger partial charge < -0.3 is 30.4 Å². The Morgan fingerprint density at radius 1 is 1.05 bits per heavy atom. The maximum atomic E-state index is 9.84. The van der Waals surface area contributed by atoms with Crippen molar-refractivity contribution >= 4 is 14.4 Å². The first-order valence-corrected chi connectivity index (χ1v) is 6.84. The zero-order valence-corrected chi connectivity index (χ0v) is 14.4. The van der Waals surface area contributed by atoms with E-state index in [-0.39, 0.29) is 24.2 Å². The molecule has 11 heteroatoms. The number of hydrogen-bond acceptors (Lipinski definition) is 2. The third kappa shape index (κ3) is 382. The minimum Gasteiger partial charge on any atom is -1.00 e. The second-order valence-electron chi connectivity index (χ2n) is 2.79. The Labute approximate surface area is 141 Å². The largest absolute Gasteiger partial charge is 4.00 e. The van der Waals surface area contributed by atoms with Crippen LogP contribution in [0.25, 0.3) is 5.41 Å². The molecule has 0 spiro atoms. The van der Waals surface area contributed by atoms with Crippen LogP contribution in [0.1, 0.15) is 32.6 Å². The molecule has 22 heavy (non-hydrogen) atoms. The van der Waals surface area contributed by atoms with Gasteiger partial charge in [0.05, 0.1) is 0 Å². The molecule has 1 fully saturated rings. The Kier molecular flexibility index (Phi) is 42.4. The number of hydrogen-bond donors (Lipinski definition) is 0. The van der Waals surface area contributed by atoms with Crippen molar-refractivity contribution in [1.29, 1.82) is 10.5 Å². The molecule has 3 nitrogen and oxygen atoms in total. The third-order valence-corrected chi connectivity index (χ3v) is 1.07. The average Bonchev–Trinajstić information content (AvgIpc) is 2.73. The molecule has 0 radical (unpaired) electrons. The monoisotopic (exact) mass is 438 g/mol. The van der Waals surface area contributed by atoms with E-state index in [9.17, 15) is 21.0 Å². The van der Waals surface area contributed by atoms with Gasteiger partial charge in [-0.25, -0.2) is 16.7 Å². The van der Waals surface area contributed by atoms with E-state index < -0.39 is 8.16 Å². The molecule has 0 aromatic carbocycles. The van der Waals surface area contributed by atoms with Gasteiger partial charge in [-0.15, -0.1) is 12.1 Å². The molecule has 0 aromatic heterocycles. The molecular formula is C11H17F6N3PRu-. The van der Waals surface area contributed by atoms with Crippen LogP contribution in [-0.2, 0) is 19.5 Å². The summed E-state index contributed by atoms with van der Waals surface area (Å²) in [4.78, 5) is 0. The van der Waals surface area contributed by atoms with Crippen LogP contribution in [0.5, 0.6) is 0 Å². The molecule has 1 saturated carbocycles. The standard InChI is InChI=1S/C5H9.C2H4N.2C2H2N.F5P.FH.Ru/c1-2-4-5-3-1;3*1-2-3;1-6(2,3,4)5;;/h1H,2-5H2;2H,1H3;2*1H2;;1H;/q4*-1;;;+4/p-1. The summed E-state index contributed by atoms with van der Waals surface area (Å²) in [5.41, 5.74) is 0. The maximum absolute atomic E-state index is 9.84. The Morgan fingerprint density at radius 3 is 1.23 bits per heavy atom. The second kappa shape index (κ2) is 25.0. The Bertz CT molecular complexity index is 256. The predicted molar refractivity (Wildman–Crippen MR) is 72.3 cm³/mol. The first-order valence-electron chi connectivity index (χ1n) is 5.15. The summed E-state index contributed by atoms with van der Waals surface area (Å²) in [7, 11) is -8.55. The fraction of sp³-hybridized carbons (Fsp3) is 0.455. The predicted octanol–water partition coefficient (Wildman–Crippen LogP) is 3.06. The summed E-state index contributed by atoms with van der Waals surface area (Å²) in [5.74, 6) is 0. The Balaban J connectivity index is -0.0000000369. The average molecular weight is 437 g/mol. The van der Waals surface area contributed by atoms with Gasteiger partial charge in [-0.1, -0.05) is 19.8 Å². The number of halogens is 6. The van der Waals surface area contributed by atoms with Gasteiger partial charge in [0.25, 0.3) is 0 Å². The second-order valence-corrected chi connectivity index (χ2v) is 4.06. The van der Waals surface area contributed by atoms with Gasteiger partial charge in [0, 0.05) is 0 Å². The van der Waals surface area contributed by atoms with Crippen molar-refractivity contribution in [2.75, 3.05) is 0 Å². The first kappa shape index (κ1) is 37.3. The number of rotatable bonds is 0. The van der Waals surface area contributed by atoms with Gasteiger partial charge in [-0.2, -0.15) is 12.8 Å². The first-order chi connectivity index (χ1) is 8.98. The third-order valence-electron chi connectivity index (χ3n) is 1.07. The van der Waals surface area contributed by atoms with E-state index in [1.165, 1.54) is 37.8 Å². The molecule has 0 bridgehead atoms. The summed E-state index contributed by atoms with van der Waals surface area (Å²) in [6.45, 7) is 7.14. The van der Waals surface area contributed by atoms with E-state index in [4.69, 9.17) is 15.9 Å². The summed E-state index contributed by atoms with van der Waals surface area (Å²) >= 11 is 0. The van der Waals surface area contributed by atoms with Gasteiger partial charge in [0.1, 0.15) is 0 Å². The smallest absolute Gasteiger partial charge is 1.00 e. The van der Waals surface area contributed by atoms with Crippen LogP contribution in [0, 0.1) is 42.9 Å². The van der Waals surface area contributed by atoms with Crippen LogP contribution < -0.4 is 4.70 Å². The van der Waals surface area contributed by atoms with Crippen molar-refractivity contribution in [3.63, 3.8) is 0 Å². The van der Waals surface area contributed by atoms with Gasteiger partial charge in [0.15, 0.2) is 0 Å². The van der Waals surface area contributed by atoms with Crippen molar-refractivity contribution in [3.05, 3.63) is 25.7 Å². The van der Waals surface area contributed by atoms with Crippen molar-refractivity contribution in [1.82, 2.24) is 0 Å². The normalized spacial score (nSPS) is 11.9. The Hall–Kier alpha value is -0.977. The zero-order valence-electron chi connectivity index (χ0n) is 11.8. The van der Waals surface area contributed by atoms with Crippen molar-refractivity contribution in [2.24, 2.45) is 0 Å². The van der Waals surface area contributed by atoms with Crippen LogP contribution in [0.3, 0.4) is 0 Å². The van der Waals surface area contributed by atoms with E-state index in [0.717, 1.165) is 6.21 Å². The molecule has 132 valence electrons. The number of nitrogens with zero attached hydrogens (tertiary/aromatic N) is 3. The molecule has 0 amide bonds. The van der Waals surface area contributed by atoms with Gasteiger partial charge >= 0.3 is 48.6 Å². The van der Waals surface area contributed by atoms with E-state index in [1.807, 2.05) is 0 Å². The molecule has 0 unspecified atom stereocenters. The minimum atomic E-state index is -8.55. The van der Waals surface area contributed by atoms with Crippen LogP contribution >= 0.6 is 8.16 Å². The topological polar surface area (TPSA) is 69.9 Å². The minimum absolute atomic E-state index is 0. The fourth-order valence-electron chi connectivity index (χ4n) is 0.722. The number of nitriles is 2. The SMILES string of the molecule is CC=[N-].FP(F)(F)(F)F.[CH-]1CCCC1.[CH2-]C#N.[CH2-]C#N.[F-].[Ru+4]. The molecular weight excluding hydrogens is 420 g/mol. The summed E-state index contributed by atoms with van der Waals surface area (Å²) in [5, 5.41) is 21.9. The molecule has 0 N–H and O–H groups in total. The van der Waals surface area contributed by atoms with E-state index in [1.54, 1.807) is 6.92 Å². The van der Waals surface area contributed by atoms with E-state index in [2.05, 4.69) is 20.3 Å². The molecule has 0 saturated heterocycles. The van der Waals surface area contributed by atoms with Crippen LogP contribution in [0.4, 0.5) is 21.0 Å². The van der Waals surface area contributed by atoms with E-state index >= 15 is 0 Å². The molecule has 0 aromatic rings. The molecule has 0 heterocycles.